The van der Waals surface area contributed by atoms with E-state index >= 15 is 0 Å². The maximum absolute atomic E-state index is 5.85. The molecule has 0 aliphatic heterocycles. The predicted octanol–water partition coefficient (Wildman–Crippen LogP) is 2.21. The van der Waals surface area contributed by atoms with Crippen LogP contribution < -0.4 is 15.2 Å². The van der Waals surface area contributed by atoms with Crippen molar-refractivity contribution in [2.75, 3.05) is 20.3 Å². The molecule has 0 saturated heterocycles. The van der Waals surface area contributed by atoms with Gasteiger partial charge in [-0.3, -0.25) is 4.98 Å². The molecule has 0 unspecified atom stereocenters. The van der Waals surface area contributed by atoms with Crippen molar-refractivity contribution in [3.05, 3.63) is 53.9 Å². The van der Waals surface area contributed by atoms with Crippen LogP contribution in [-0.4, -0.2) is 25.2 Å². The summed E-state index contributed by atoms with van der Waals surface area (Å²) in [6, 6.07) is 9.80. The quantitative estimate of drug-likeness (QED) is 0.839. The third-order valence-corrected chi connectivity index (χ3v) is 3.05. The van der Waals surface area contributed by atoms with E-state index in [0.717, 1.165) is 29.9 Å². The van der Waals surface area contributed by atoms with Crippen LogP contribution in [0.25, 0.3) is 0 Å². The highest BCUT2D eigenvalue weighted by molar-refractivity contribution is 5.40. The second kappa shape index (κ2) is 7.50. The van der Waals surface area contributed by atoms with Gasteiger partial charge in [-0.2, -0.15) is 0 Å². The smallest absolute Gasteiger partial charge is 0.122 e. The second-order valence-electron chi connectivity index (χ2n) is 4.47. The molecular formula is C16H20N2O2. The molecule has 0 atom stereocenters. The molecule has 1 aromatic carbocycles. The van der Waals surface area contributed by atoms with Gasteiger partial charge in [0.15, 0.2) is 0 Å². The summed E-state index contributed by atoms with van der Waals surface area (Å²) in [7, 11) is 1.66. The number of hydrogen-bond donors (Lipinski definition) is 1. The first kappa shape index (κ1) is 14.3. The Labute approximate surface area is 119 Å². The van der Waals surface area contributed by atoms with E-state index in [2.05, 4.69) is 4.98 Å². The summed E-state index contributed by atoms with van der Waals surface area (Å²) in [5.41, 5.74) is 7.89. The van der Waals surface area contributed by atoms with E-state index in [0.29, 0.717) is 13.2 Å². The van der Waals surface area contributed by atoms with Gasteiger partial charge in [0.05, 0.1) is 13.7 Å². The fraction of sp³-hybridized carbons (Fsp3) is 0.312. The Balaban J connectivity index is 1.98. The summed E-state index contributed by atoms with van der Waals surface area (Å²) in [4.78, 5) is 4.09. The molecule has 4 heteroatoms. The molecule has 0 saturated carbocycles. The molecule has 2 rings (SSSR count). The lowest BCUT2D eigenvalue weighted by Gasteiger charge is -2.12. The van der Waals surface area contributed by atoms with Gasteiger partial charge in [0, 0.05) is 18.8 Å². The van der Waals surface area contributed by atoms with Gasteiger partial charge in [-0.15, -0.1) is 0 Å². The standard InChI is InChI=1S/C16H20N2O2/c1-19-15-4-5-16(14(11-15)6-8-17)20-10-7-13-3-2-9-18-12-13/h2-5,9,11-12H,6-8,10,17H2,1H3. The average molecular weight is 272 g/mol. The van der Waals surface area contributed by atoms with Gasteiger partial charge in [-0.25, -0.2) is 0 Å². The number of methoxy groups -OCH3 is 1. The molecule has 0 radical (unpaired) electrons. The van der Waals surface area contributed by atoms with Gasteiger partial charge >= 0.3 is 0 Å². The number of pyridine rings is 1. The van der Waals surface area contributed by atoms with Gasteiger partial charge in [-0.1, -0.05) is 6.07 Å². The van der Waals surface area contributed by atoms with Crippen LogP contribution in [0.3, 0.4) is 0 Å². The molecule has 1 heterocycles. The molecule has 0 amide bonds. The van der Waals surface area contributed by atoms with Crippen LogP contribution in [0.1, 0.15) is 11.1 Å². The number of hydrogen-bond acceptors (Lipinski definition) is 4. The Bertz CT molecular complexity index is 529. The van der Waals surface area contributed by atoms with Crippen molar-refractivity contribution in [3.8, 4) is 11.5 Å². The van der Waals surface area contributed by atoms with Crippen LogP contribution in [0.5, 0.6) is 11.5 Å². The molecule has 1 aromatic heterocycles. The fourth-order valence-corrected chi connectivity index (χ4v) is 2.00. The van der Waals surface area contributed by atoms with E-state index in [4.69, 9.17) is 15.2 Å². The second-order valence-corrected chi connectivity index (χ2v) is 4.47. The molecule has 0 fully saturated rings. The maximum atomic E-state index is 5.85. The fourth-order valence-electron chi connectivity index (χ4n) is 2.00. The minimum absolute atomic E-state index is 0.589. The van der Waals surface area contributed by atoms with Crippen molar-refractivity contribution in [3.63, 3.8) is 0 Å². The van der Waals surface area contributed by atoms with Crippen LogP contribution >= 0.6 is 0 Å². The van der Waals surface area contributed by atoms with E-state index in [1.807, 2.05) is 36.5 Å². The van der Waals surface area contributed by atoms with Crippen molar-refractivity contribution >= 4 is 0 Å². The van der Waals surface area contributed by atoms with Crippen molar-refractivity contribution in [2.45, 2.75) is 12.8 Å². The van der Waals surface area contributed by atoms with Crippen LogP contribution in [0.15, 0.2) is 42.7 Å². The van der Waals surface area contributed by atoms with E-state index in [-0.39, 0.29) is 0 Å². The Kier molecular flexibility index (Phi) is 5.38. The zero-order valence-corrected chi connectivity index (χ0v) is 11.7. The van der Waals surface area contributed by atoms with Crippen molar-refractivity contribution in [1.82, 2.24) is 4.98 Å². The molecule has 4 nitrogen and oxygen atoms in total. The van der Waals surface area contributed by atoms with E-state index in [1.165, 1.54) is 5.56 Å². The lowest BCUT2D eigenvalue weighted by Crippen LogP contribution is -2.07. The number of rotatable bonds is 7. The van der Waals surface area contributed by atoms with Crippen molar-refractivity contribution in [1.29, 1.82) is 0 Å². The molecule has 0 aliphatic carbocycles. The lowest BCUT2D eigenvalue weighted by atomic mass is 10.1. The normalized spacial score (nSPS) is 10.3. The summed E-state index contributed by atoms with van der Waals surface area (Å²) in [6.45, 7) is 1.21. The molecule has 0 spiro atoms. The highest BCUT2D eigenvalue weighted by Crippen LogP contribution is 2.24. The summed E-state index contributed by atoms with van der Waals surface area (Å²) in [5.74, 6) is 1.70. The summed E-state index contributed by atoms with van der Waals surface area (Å²) in [5, 5.41) is 0. The highest BCUT2D eigenvalue weighted by Gasteiger charge is 2.05. The Hall–Kier alpha value is -2.07. The molecule has 0 bridgehead atoms. The largest absolute Gasteiger partial charge is 0.497 e. The summed E-state index contributed by atoms with van der Waals surface area (Å²) < 4.78 is 11.1. The molecule has 20 heavy (non-hydrogen) atoms. The van der Waals surface area contributed by atoms with E-state index < -0.39 is 0 Å². The molecule has 0 aliphatic rings. The Morgan fingerprint density at radius 3 is 2.80 bits per heavy atom. The third-order valence-electron chi connectivity index (χ3n) is 3.05. The first-order chi connectivity index (χ1) is 9.83. The zero-order valence-electron chi connectivity index (χ0n) is 11.7. The van der Waals surface area contributed by atoms with Crippen molar-refractivity contribution < 1.29 is 9.47 Å². The maximum Gasteiger partial charge on any atom is 0.122 e. The first-order valence-electron chi connectivity index (χ1n) is 6.72. The molecular weight excluding hydrogens is 252 g/mol. The predicted molar refractivity (Wildman–Crippen MR) is 79.2 cm³/mol. The van der Waals surface area contributed by atoms with Crippen LogP contribution in [-0.2, 0) is 12.8 Å². The molecule has 106 valence electrons. The number of ether oxygens (including phenoxy) is 2. The minimum atomic E-state index is 0.589. The van der Waals surface area contributed by atoms with Crippen LogP contribution in [0, 0.1) is 0 Å². The monoisotopic (exact) mass is 272 g/mol. The van der Waals surface area contributed by atoms with E-state index in [1.54, 1.807) is 13.3 Å². The lowest BCUT2D eigenvalue weighted by molar-refractivity contribution is 0.317. The van der Waals surface area contributed by atoms with E-state index in [9.17, 15) is 0 Å². The molecule has 2 N–H and O–H groups in total. The topological polar surface area (TPSA) is 57.4 Å². The van der Waals surface area contributed by atoms with Crippen molar-refractivity contribution in [2.24, 2.45) is 5.73 Å². The number of aromatic nitrogens is 1. The first-order valence-corrected chi connectivity index (χ1v) is 6.72. The minimum Gasteiger partial charge on any atom is -0.497 e. The van der Waals surface area contributed by atoms with Gasteiger partial charge in [-0.05, 0) is 48.4 Å². The Morgan fingerprint density at radius 1 is 1.20 bits per heavy atom. The third kappa shape index (κ3) is 3.96. The summed E-state index contributed by atoms with van der Waals surface area (Å²) >= 11 is 0. The SMILES string of the molecule is COc1ccc(OCCc2cccnc2)c(CCN)c1. The average Bonchev–Trinajstić information content (AvgIpc) is 2.50. The summed E-state index contributed by atoms with van der Waals surface area (Å²) in [6.07, 6.45) is 5.24. The van der Waals surface area contributed by atoms with Gasteiger partial charge in [0.1, 0.15) is 11.5 Å². The number of nitrogens with zero attached hydrogens (tertiary/aromatic N) is 1. The van der Waals surface area contributed by atoms with Crippen LogP contribution in [0.2, 0.25) is 0 Å². The Morgan fingerprint density at radius 2 is 2.10 bits per heavy atom. The zero-order chi connectivity index (χ0) is 14.2. The highest BCUT2D eigenvalue weighted by atomic mass is 16.5. The number of nitrogens with two attached hydrogens (primary N) is 1. The number of benzene rings is 1. The molecule has 2 aromatic rings. The van der Waals surface area contributed by atoms with Gasteiger partial charge in [0.2, 0.25) is 0 Å². The van der Waals surface area contributed by atoms with Crippen LogP contribution in [0.4, 0.5) is 0 Å². The van der Waals surface area contributed by atoms with Gasteiger partial charge < -0.3 is 15.2 Å². The van der Waals surface area contributed by atoms with Gasteiger partial charge in [0.25, 0.3) is 0 Å².